The number of nitrogens with zero attached hydrogens (tertiary/aromatic N) is 1. The number of carbonyl (C=O) groups is 1. The fourth-order valence-corrected chi connectivity index (χ4v) is 2.44. The highest BCUT2D eigenvalue weighted by atomic mass is 28.2. The van der Waals surface area contributed by atoms with Crippen LogP contribution in [-0.2, 0) is 9.53 Å². The van der Waals surface area contributed by atoms with Gasteiger partial charge in [-0.3, -0.25) is 9.53 Å². The fraction of sp³-hybridized carbons (Fsp3) is 0.417. The van der Waals surface area contributed by atoms with E-state index in [0.717, 1.165) is 12.2 Å². The summed E-state index contributed by atoms with van der Waals surface area (Å²) in [6, 6.07) is 6.17. The van der Waals surface area contributed by atoms with Crippen LogP contribution in [0.4, 0.5) is 27.6 Å². The molecule has 0 N–H and O–H groups in total. The van der Waals surface area contributed by atoms with E-state index in [4.69, 9.17) is 0 Å². The highest BCUT2D eigenvalue weighted by Gasteiger charge is 2.65. The Balaban J connectivity index is 3.14. The number of alkyl halides is 5. The van der Waals surface area contributed by atoms with Crippen molar-refractivity contribution in [1.82, 2.24) is 0 Å². The van der Waals surface area contributed by atoms with Crippen LogP contribution in [0.5, 0.6) is 0 Å². The average molecular weight is 327 g/mol. The van der Waals surface area contributed by atoms with Gasteiger partial charge in [-0.2, -0.15) is 17.6 Å². The molecule has 9 heteroatoms. The SMILES string of the molecule is C[SiH2]c1cccc(N(C)C(=O)C(F)(OCF)C(F)(F)F)c1. The van der Waals surface area contributed by atoms with E-state index in [1.165, 1.54) is 12.1 Å². The smallest absolute Gasteiger partial charge is 0.310 e. The predicted octanol–water partition coefficient (Wildman–Crippen LogP) is 1.66. The van der Waals surface area contributed by atoms with Gasteiger partial charge in [0.05, 0.1) is 9.52 Å². The maximum Gasteiger partial charge on any atom is 0.458 e. The third kappa shape index (κ3) is 3.59. The van der Waals surface area contributed by atoms with Crippen molar-refractivity contribution >= 4 is 26.3 Å². The number of halogens is 5. The number of hydrogen-bond acceptors (Lipinski definition) is 2. The van der Waals surface area contributed by atoms with Crippen LogP contribution in [0.15, 0.2) is 24.3 Å². The second-order valence-electron chi connectivity index (χ2n) is 4.23. The zero-order valence-electron chi connectivity index (χ0n) is 11.4. The van der Waals surface area contributed by atoms with Gasteiger partial charge in [0.15, 0.2) is 6.86 Å². The number of likely N-dealkylation sites (N-methyl/N-ethyl adjacent to an activating group) is 1. The molecule has 0 fully saturated rings. The lowest BCUT2D eigenvalue weighted by Gasteiger charge is -2.29. The highest BCUT2D eigenvalue weighted by Crippen LogP contribution is 2.37. The van der Waals surface area contributed by atoms with Crippen LogP contribution < -0.4 is 10.1 Å². The van der Waals surface area contributed by atoms with Crippen molar-refractivity contribution in [2.45, 2.75) is 18.6 Å². The molecule has 0 aliphatic heterocycles. The molecule has 1 aromatic rings. The Hall–Kier alpha value is -1.48. The number of rotatable bonds is 5. The molecule has 3 nitrogen and oxygen atoms in total. The molecule has 118 valence electrons. The zero-order chi connectivity index (χ0) is 16.3. The van der Waals surface area contributed by atoms with Gasteiger partial charge < -0.3 is 4.90 Å². The van der Waals surface area contributed by atoms with Crippen molar-refractivity contribution in [2.24, 2.45) is 0 Å². The summed E-state index contributed by atoms with van der Waals surface area (Å²) in [6.07, 6.45) is -5.68. The van der Waals surface area contributed by atoms with Gasteiger partial charge in [0.2, 0.25) is 0 Å². The van der Waals surface area contributed by atoms with Crippen molar-refractivity contribution < 1.29 is 31.5 Å². The summed E-state index contributed by atoms with van der Waals surface area (Å²) in [5.41, 5.74) is 0.0839. The Morgan fingerprint density at radius 1 is 1.33 bits per heavy atom. The lowest BCUT2D eigenvalue weighted by atomic mass is 10.2. The third-order valence-electron chi connectivity index (χ3n) is 2.90. The summed E-state index contributed by atoms with van der Waals surface area (Å²) in [7, 11) is 0.370. The average Bonchev–Trinajstić information content (AvgIpc) is 2.44. The maximum absolute atomic E-state index is 13.8. The lowest BCUT2D eigenvalue weighted by molar-refractivity contribution is -0.321. The second-order valence-corrected chi connectivity index (χ2v) is 5.76. The molecule has 0 radical (unpaired) electrons. The van der Waals surface area contributed by atoms with E-state index in [2.05, 4.69) is 4.74 Å². The van der Waals surface area contributed by atoms with Crippen LogP contribution in [0, 0.1) is 0 Å². The molecule has 1 aromatic carbocycles. The van der Waals surface area contributed by atoms with Gasteiger partial charge in [-0.25, -0.2) is 4.39 Å². The van der Waals surface area contributed by atoms with Crippen molar-refractivity contribution in [3.05, 3.63) is 24.3 Å². The van der Waals surface area contributed by atoms with Gasteiger partial charge in [0, 0.05) is 12.7 Å². The first kappa shape index (κ1) is 17.6. The molecular weight excluding hydrogens is 313 g/mol. The quantitative estimate of drug-likeness (QED) is 0.608. The second kappa shape index (κ2) is 6.52. The summed E-state index contributed by atoms with van der Waals surface area (Å²) < 4.78 is 67.3. The van der Waals surface area contributed by atoms with E-state index in [9.17, 15) is 26.7 Å². The zero-order valence-corrected chi connectivity index (χ0v) is 12.8. The first-order valence-corrected chi connectivity index (χ1v) is 8.12. The minimum Gasteiger partial charge on any atom is -0.310 e. The standard InChI is InChI=1S/C12H14F5NO2Si/c1-18(8-4-3-5-9(6-8)21-2)10(19)11(14,20-7-13)12(15,16)17/h3-6H,7,21H2,1-2H3. The monoisotopic (exact) mass is 327 g/mol. The van der Waals surface area contributed by atoms with Crippen molar-refractivity contribution in [3.63, 3.8) is 0 Å². The Labute approximate surface area is 120 Å². The molecule has 0 heterocycles. The Morgan fingerprint density at radius 3 is 2.43 bits per heavy atom. The van der Waals surface area contributed by atoms with E-state index in [1.807, 2.05) is 6.55 Å². The molecule has 0 aliphatic carbocycles. The number of anilines is 1. The van der Waals surface area contributed by atoms with E-state index in [1.54, 1.807) is 12.1 Å². The topological polar surface area (TPSA) is 29.5 Å². The largest absolute Gasteiger partial charge is 0.458 e. The van der Waals surface area contributed by atoms with E-state index in [-0.39, 0.29) is 5.69 Å². The molecule has 0 saturated heterocycles. The van der Waals surface area contributed by atoms with Crippen molar-refractivity contribution in [1.29, 1.82) is 0 Å². The normalized spacial score (nSPS) is 15.2. The summed E-state index contributed by atoms with van der Waals surface area (Å²) in [5.74, 6) is -6.74. The van der Waals surface area contributed by atoms with Crippen LogP contribution in [0.1, 0.15) is 0 Å². The van der Waals surface area contributed by atoms with Crippen LogP contribution >= 0.6 is 0 Å². The van der Waals surface area contributed by atoms with E-state index >= 15 is 0 Å². The first-order chi connectivity index (χ1) is 9.67. The molecule has 0 saturated carbocycles. The van der Waals surface area contributed by atoms with Gasteiger partial charge in [-0.15, -0.1) is 0 Å². The highest BCUT2D eigenvalue weighted by molar-refractivity contribution is 6.52. The van der Waals surface area contributed by atoms with Crippen LogP contribution in [0.2, 0.25) is 6.55 Å². The van der Waals surface area contributed by atoms with E-state index < -0.39 is 34.3 Å². The maximum atomic E-state index is 13.8. The van der Waals surface area contributed by atoms with Crippen molar-refractivity contribution in [3.8, 4) is 0 Å². The third-order valence-corrected chi connectivity index (χ3v) is 4.16. The van der Waals surface area contributed by atoms with Crippen molar-refractivity contribution in [2.75, 3.05) is 18.8 Å². The number of benzene rings is 1. The van der Waals surface area contributed by atoms with Gasteiger partial charge in [0.1, 0.15) is 0 Å². The summed E-state index contributed by atoms with van der Waals surface area (Å²) in [6.45, 7) is -0.125. The number of hydrogen-bond donors (Lipinski definition) is 0. The Bertz CT molecular complexity index is 511. The van der Waals surface area contributed by atoms with Gasteiger partial charge in [-0.1, -0.05) is 23.9 Å². The molecule has 1 amide bonds. The number of carbonyl (C=O) groups excluding carboxylic acids is 1. The van der Waals surface area contributed by atoms with E-state index in [0.29, 0.717) is 4.90 Å². The number of ether oxygens (including phenoxy) is 1. The molecular formula is C12H14F5NO2Si. The molecule has 21 heavy (non-hydrogen) atoms. The molecule has 0 aliphatic rings. The predicted molar refractivity (Wildman–Crippen MR) is 70.8 cm³/mol. The Morgan fingerprint density at radius 2 is 1.95 bits per heavy atom. The van der Waals surface area contributed by atoms with Crippen LogP contribution in [-0.4, -0.2) is 41.4 Å². The molecule has 1 rings (SSSR count). The van der Waals surface area contributed by atoms with Gasteiger partial charge in [-0.05, 0) is 12.1 Å². The van der Waals surface area contributed by atoms with Gasteiger partial charge >= 0.3 is 17.9 Å². The minimum absolute atomic E-state index is 0.0839. The Kier molecular flexibility index (Phi) is 5.46. The summed E-state index contributed by atoms with van der Waals surface area (Å²) >= 11 is 0. The van der Waals surface area contributed by atoms with Crippen LogP contribution in [0.25, 0.3) is 0 Å². The van der Waals surface area contributed by atoms with Gasteiger partial charge in [0.25, 0.3) is 0 Å². The first-order valence-electron chi connectivity index (χ1n) is 6.00. The molecule has 0 bridgehead atoms. The summed E-state index contributed by atoms with van der Waals surface area (Å²) in [5, 5.41) is 0.884. The molecule has 1 unspecified atom stereocenters. The summed E-state index contributed by atoms with van der Waals surface area (Å²) in [4.78, 5) is 12.2. The minimum atomic E-state index is -5.68. The molecule has 1 atom stereocenters. The number of amides is 1. The van der Waals surface area contributed by atoms with Crippen LogP contribution in [0.3, 0.4) is 0 Å². The molecule has 0 spiro atoms. The lowest BCUT2D eigenvalue weighted by Crippen LogP contribution is -2.56. The molecule has 0 aromatic heterocycles. The fourth-order valence-electron chi connectivity index (χ4n) is 1.66.